The highest BCUT2D eigenvalue weighted by atomic mass is 35.5. The molecule has 1 aromatic heterocycles. The molecule has 0 unspecified atom stereocenters. The largest absolute Gasteiger partial charge is 0.240 e. The van der Waals surface area contributed by atoms with Crippen LogP contribution in [0.1, 0.15) is 0 Å². The molecule has 0 amide bonds. The van der Waals surface area contributed by atoms with Crippen LogP contribution in [0.2, 0.25) is 5.02 Å². The molecular weight excluding hydrogens is 244 g/mol. The third-order valence-electron chi connectivity index (χ3n) is 2.75. The van der Waals surface area contributed by atoms with Crippen LogP contribution in [0.25, 0.3) is 16.9 Å². The lowest BCUT2D eigenvalue weighted by Crippen LogP contribution is -1.93. The number of benzene rings is 2. The summed E-state index contributed by atoms with van der Waals surface area (Å²) in [6.07, 6.45) is 1.96. The van der Waals surface area contributed by atoms with Crippen LogP contribution in [0.5, 0.6) is 0 Å². The highest BCUT2D eigenvalue weighted by molar-refractivity contribution is 6.30. The smallest absolute Gasteiger partial charge is 0.0927 e. The van der Waals surface area contributed by atoms with Crippen molar-refractivity contribution in [3.8, 4) is 16.9 Å². The van der Waals surface area contributed by atoms with Gasteiger partial charge < -0.3 is 0 Å². The van der Waals surface area contributed by atoms with Crippen molar-refractivity contribution in [2.24, 2.45) is 0 Å². The fourth-order valence-corrected chi connectivity index (χ4v) is 1.95. The molecule has 0 saturated heterocycles. The first-order valence-electron chi connectivity index (χ1n) is 5.70. The molecule has 3 rings (SSSR count). The monoisotopic (exact) mass is 254 g/mol. The average Bonchev–Trinajstić information content (AvgIpc) is 2.90. The van der Waals surface area contributed by atoms with Gasteiger partial charge in [0.15, 0.2) is 0 Å². The summed E-state index contributed by atoms with van der Waals surface area (Å²) in [5, 5.41) is 5.29. The maximum Gasteiger partial charge on any atom is 0.0927 e. The van der Waals surface area contributed by atoms with Crippen LogP contribution in [-0.4, -0.2) is 9.78 Å². The predicted molar refractivity (Wildman–Crippen MR) is 74.0 cm³/mol. The molecule has 2 aromatic carbocycles. The van der Waals surface area contributed by atoms with Crippen molar-refractivity contribution in [1.29, 1.82) is 0 Å². The van der Waals surface area contributed by atoms with Gasteiger partial charge in [0, 0.05) is 16.8 Å². The number of hydrogen-bond acceptors (Lipinski definition) is 1. The average molecular weight is 255 g/mol. The quantitative estimate of drug-likeness (QED) is 0.670. The highest BCUT2D eigenvalue weighted by Gasteiger charge is 2.03. The van der Waals surface area contributed by atoms with E-state index in [1.807, 2.05) is 71.5 Å². The molecule has 0 bridgehead atoms. The Hall–Kier alpha value is -2.06. The first kappa shape index (κ1) is 11.1. The summed E-state index contributed by atoms with van der Waals surface area (Å²) in [6.45, 7) is 0. The Morgan fingerprint density at radius 1 is 0.833 bits per heavy atom. The molecule has 0 aliphatic heterocycles. The molecule has 0 spiro atoms. The Labute approximate surface area is 110 Å². The van der Waals surface area contributed by atoms with Crippen LogP contribution in [0, 0.1) is 0 Å². The molecular formula is C15H11ClN2. The number of para-hydroxylation sites is 1. The summed E-state index contributed by atoms with van der Waals surface area (Å²) in [4.78, 5) is 0. The molecule has 3 heteroatoms. The maximum atomic E-state index is 5.87. The van der Waals surface area contributed by atoms with Crippen molar-refractivity contribution in [2.75, 3.05) is 0 Å². The predicted octanol–water partition coefficient (Wildman–Crippen LogP) is 4.19. The molecule has 1 heterocycles. The summed E-state index contributed by atoms with van der Waals surface area (Å²) in [5.74, 6) is 0. The van der Waals surface area contributed by atoms with E-state index >= 15 is 0 Å². The second-order valence-electron chi connectivity index (χ2n) is 3.99. The van der Waals surface area contributed by atoms with E-state index < -0.39 is 0 Å². The van der Waals surface area contributed by atoms with Gasteiger partial charge in [-0.3, -0.25) is 0 Å². The summed E-state index contributed by atoms with van der Waals surface area (Å²) in [7, 11) is 0. The maximum absolute atomic E-state index is 5.87. The van der Waals surface area contributed by atoms with Gasteiger partial charge in [-0.05, 0) is 30.3 Å². The minimum absolute atomic E-state index is 0.737. The Bertz CT molecular complexity index is 642. The van der Waals surface area contributed by atoms with Crippen LogP contribution in [0.15, 0.2) is 66.9 Å². The minimum atomic E-state index is 0.737. The van der Waals surface area contributed by atoms with Crippen molar-refractivity contribution in [3.63, 3.8) is 0 Å². The van der Waals surface area contributed by atoms with E-state index in [2.05, 4.69) is 5.10 Å². The van der Waals surface area contributed by atoms with E-state index in [4.69, 9.17) is 11.6 Å². The molecule has 18 heavy (non-hydrogen) atoms. The fourth-order valence-electron chi connectivity index (χ4n) is 1.82. The lowest BCUT2D eigenvalue weighted by atomic mass is 10.2. The Morgan fingerprint density at radius 3 is 2.28 bits per heavy atom. The van der Waals surface area contributed by atoms with Crippen LogP contribution >= 0.6 is 11.6 Å². The van der Waals surface area contributed by atoms with Gasteiger partial charge in [0.25, 0.3) is 0 Å². The third kappa shape index (κ3) is 2.15. The molecule has 0 radical (unpaired) electrons. The van der Waals surface area contributed by atoms with Crippen LogP contribution < -0.4 is 0 Å². The standard InChI is InChI=1S/C15H11ClN2/c16-13-8-6-12(7-9-13)15-10-11-18(17-15)14-4-2-1-3-5-14/h1-11H. The van der Waals surface area contributed by atoms with Gasteiger partial charge in [-0.1, -0.05) is 41.9 Å². The fraction of sp³-hybridized carbons (Fsp3) is 0. The van der Waals surface area contributed by atoms with Crippen molar-refractivity contribution in [1.82, 2.24) is 9.78 Å². The first-order chi connectivity index (χ1) is 8.83. The van der Waals surface area contributed by atoms with Gasteiger partial charge in [-0.15, -0.1) is 0 Å². The summed E-state index contributed by atoms with van der Waals surface area (Å²) < 4.78 is 1.87. The Balaban J connectivity index is 1.97. The van der Waals surface area contributed by atoms with Crippen LogP contribution in [-0.2, 0) is 0 Å². The molecule has 0 aliphatic rings. The molecule has 3 aromatic rings. The molecule has 0 aliphatic carbocycles. The molecule has 0 atom stereocenters. The second-order valence-corrected chi connectivity index (χ2v) is 4.42. The molecule has 2 nitrogen and oxygen atoms in total. The van der Waals surface area contributed by atoms with E-state index in [0.29, 0.717) is 0 Å². The van der Waals surface area contributed by atoms with Gasteiger partial charge >= 0.3 is 0 Å². The third-order valence-corrected chi connectivity index (χ3v) is 3.00. The van der Waals surface area contributed by atoms with Gasteiger partial charge in [-0.2, -0.15) is 5.10 Å². The number of hydrogen-bond donors (Lipinski definition) is 0. The zero-order chi connectivity index (χ0) is 12.4. The number of rotatable bonds is 2. The summed E-state index contributed by atoms with van der Waals surface area (Å²) in [5.41, 5.74) is 3.06. The van der Waals surface area contributed by atoms with E-state index in [9.17, 15) is 0 Å². The molecule has 0 saturated carbocycles. The SMILES string of the molecule is Clc1ccc(-c2ccn(-c3ccccc3)n2)cc1. The van der Waals surface area contributed by atoms with Crippen LogP contribution in [0.4, 0.5) is 0 Å². The zero-order valence-electron chi connectivity index (χ0n) is 9.62. The minimum Gasteiger partial charge on any atom is -0.240 e. The van der Waals surface area contributed by atoms with Gasteiger partial charge in [0.1, 0.15) is 0 Å². The Morgan fingerprint density at radius 2 is 1.56 bits per heavy atom. The molecule has 0 N–H and O–H groups in total. The lowest BCUT2D eigenvalue weighted by molar-refractivity contribution is 0.884. The van der Waals surface area contributed by atoms with Crippen LogP contribution in [0.3, 0.4) is 0 Å². The summed E-state index contributed by atoms with van der Waals surface area (Å²) >= 11 is 5.87. The highest BCUT2D eigenvalue weighted by Crippen LogP contribution is 2.20. The zero-order valence-corrected chi connectivity index (χ0v) is 10.4. The lowest BCUT2D eigenvalue weighted by Gasteiger charge is -2.00. The van der Waals surface area contributed by atoms with Crippen molar-refractivity contribution >= 4 is 11.6 Å². The Kier molecular flexibility index (Phi) is 2.87. The summed E-state index contributed by atoms with van der Waals surface area (Å²) in [6, 6.07) is 19.7. The van der Waals surface area contributed by atoms with Gasteiger partial charge in [0.2, 0.25) is 0 Å². The molecule has 0 fully saturated rings. The van der Waals surface area contributed by atoms with E-state index in [1.54, 1.807) is 0 Å². The van der Waals surface area contributed by atoms with Crippen molar-refractivity contribution < 1.29 is 0 Å². The van der Waals surface area contributed by atoms with Crippen molar-refractivity contribution in [3.05, 3.63) is 71.9 Å². The van der Waals surface area contributed by atoms with Crippen molar-refractivity contribution in [2.45, 2.75) is 0 Å². The number of halogens is 1. The number of aromatic nitrogens is 2. The topological polar surface area (TPSA) is 17.8 Å². The number of nitrogens with zero attached hydrogens (tertiary/aromatic N) is 2. The molecule has 88 valence electrons. The van der Waals surface area contributed by atoms with E-state index in [0.717, 1.165) is 22.0 Å². The normalized spacial score (nSPS) is 10.5. The van der Waals surface area contributed by atoms with E-state index in [1.165, 1.54) is 0 Å². The second kappa shape index (κ2) is 4.67. The van der Waals surface area contributed by atoms with E-state index in [-0.39, 0.29) is 0 Å². The van der Waals surface area contributed by atoms with Gasteiger partial charge in [0.05, 0.1) is 11.4 Å². The van der Waals surface area contributed by atoms with Gasteiger partial charge in [-0.25, -0.2) is 4.68 Å². The first-order valence-corrected chi connectivity index (χ1v) is 6.08.